The van der Waals surface area contributed by atoms with Crippen molar-refractivity contribution in [3.63, 3.8) is 0 Å². The molecule has 0 radical (unpaired) electrons. The fourth-order valence-electron chi connectivity index (χ4n) is 3.43. The molecule has 1 atom stereocenters. The number of carbonyl (C=O) groups is 1. The van der Waals surface area contributed by atoms with Gasteiger partial charge < -0.3 is 9.64 Å². The highest BCUT2D eigenvalue weighted by molar-refractivity contribution is 7.86. The van der Waals surface area contributed by atoms with E-state index in [1.165, 1.54) is 12.1 Å². The molecule has 0 spiro atoms. The number of benzene rings is 3. The summed E-state index contributed by atoms with van der Waals surface area (Å²) in [6, 6.07) is 23.2. The fourth-order valence-corrected chi connectivity index (χ4v) is 4.36. The largest absolute Gasteiger partial charge is 0.484 e. The smallest absolute Gasteiger partial charge is 0.297 e. The molecule has 160 valence electrons. The highest BCUT2D eigenvalue weighted by atomic mass is 32.2. The molecule has 1 aliphatic rings. The van der Waals surface area contributed by atoms with E-state index in [0.717, 1.165) is 11.1 Å². The summed E-state index contributed by atoms with van der Waals surface area (Å²) < 4.78 is 36.3. The first kappa shape index (κ1) is 21.1. The van der Waals surface area contributed by atoms with Crippen molar-refractivity contribution in [2.45, 2.75) is 24.3 Å². The molecule has 0 saturated carbocycles. The number of amides is 1. The second kappa shape index (κ2) is 8.91. The van der Waals surface area contributed by atoms with Crippen LogP contribution in [0.5, 0.6) is 5.75 Å². The number of rotatable bonds is 6. The zero-order valence-corrected chi connectivity index (χ0v) is 17.9. The highest BCUT2D eigenvalue weighted by Crippen LogP contribution is 2.33. The second-order valence-corrected chi connectivity index (χ2v) is 9.04. The van der Waals surface area contributed by atoms with Gasteiger partial charge in [-0.05, 0) is 36.8 Å². The lowest BCUT2D eigenvalue weighted by atomic mass is 10.1. The topological polar surface area (TPSA) is 72.9 Å². The fraction of sp³-hybridized carbons (Fsp3) is 0.208. The number of aryl methyl sites for hydroxylation is 1. The van der Waals surface area contributed by atoms with Crippen LogP contribution in [0.2, 0.25) is 0 Å². The molecule has 0 saturated heterocycles. The molecule has 6 nitrogen and oxygen atoms in total. The Kier molecular flexibility index (Phi) is 6.06. The Morgan fingerprint density at radius 1 is 1.00 bits per heavy atom. The van der Waals surface area contributed by atoms with Crippen molar-refractivity contribution < 1.29 is 22.1 Å². The van der Waals surface area contributed by atoms with Crippen molar-refractivity contribution in [1.29, 1.82) is 0 Å². The van der Waals surface area contributed by atoms with Gasteiger partial charge in [-0.2, -0.15) is 8.42 Å². The summed E-state index contributed by atoms with van der Waals surface area (Å²) in [7, 11) is -3.92. The lowest BCUT2D eigenvalue weighted by Gasteiger charge is -2.34. The zero-order valence-electron chi connectivity index (χ0n) is 17.1. The van der Waals surface area contributed by atoms with Crippen LogP contribution in [0.15, 0.2) is 83.8 Å². The Morgan fingerprint density at radius 2 is 1.68 bits per heavy atom. The predicted octanol–water partition coefficient (Wildman–Crippen LogP) is 3.74. The minimum atomic E-state index is -3.92. The van der Waals surface area contributed by atoms with Crippen LogP contribution in [0.25, 0.3) is 0 Å². The SMILES string of the molecule is Cc1ccc(S(=O)(=O)OCC2CN(C(=O)Cc3ccccc3)c3ccccc3O2)cc1. The van der Waals surface area contributed by atoms with E-state index in [1.807, 2.05) is 55.5 Å². The molecule has 1 amide bonds. The van der Waals surface area contributed by atoms with Gasteiger partial charge in [-0.3, -0.25) is 8.98 Å². The molecule has 3 aromatic carbocycles. The van der Waals surface area contributed by atoms with Gasteiger partial charge in [-0.1, -0.05) is 60.2 Å². The van der Waals surface area contributed by atoms with E-state index in [2.05, 4.69) is 0 Å². The van der Waals surface area contributed by atoms with Crippen LogP contribution in [0, 0.1) is 6.92 Å². The molecule has 1 unspecified atom stereocenters. The maximum Gasteiger partial charge on any atom is 0.297 e. The van der Waals surface area contributed by atoms with E-state index in [-0.39, 0.29) is 30.4 Å². The molecule has 7 heteroatoms. The van der Waals surface area contributed by atoms with Crippen molar-refractivity contribution in [3.8, 4) is 5.75 Å². The molecule has 4 rings (SSSR count). The third-order valence-corrected chi connectivity index (χ3v) is 6.35. The van der Waals surface area contributed by atoms with E-state index in [9.17, 15) is 13.2 Å². The third kappa shape index (κ3) is 4.95. The predicted molar refractivity (Wildman–Crippen MR) is 118 cm³/mol. The maximum absolute atomic E-state index is 13.0. The van der Waals surface area contributed by atoms with Crippen molar-refractivity contribution in [1.82, 2.24) is 0 Å². The molecule has 1 heterocycles. The highest BCUT2D eigenvalue weighted by Gasteiger charge is 2.31. The van der Waals surface area contributed by atoms with Gasteiger partial charge in [0.1, 0.15) is 18.5 Å². The number of hydrogen-bond acceptors (Lipinski definition) is 5. The number of para-hydroxylation sites is 2. The lowest BCUT2D eigenvalue weighted by Crippen LogP contribution is -2.46. The van der Waals surface area contributed by atoms with Crippen LogP contribution in [-0.2, 0) is 25.5 Å². The molecule has 0 aromatic heterocycles. The van der Waals surface area contributed by atoms with Crippen LogP contribution >= 0.6 is 0 Å². The molecule has 3 aromatic rings. The third-order valence-electron chi connectivity index (χ3n) is 5.05. The number of hydrogen-bond donors (Lipinski definition) is 0. The Labute approximate surface area is 182 Å². The van der Waals surface area contributed by atoms with Crippen LogP contribution in [0.1, 0.15) is 11.1 Å². The summed E-state index contributed by atoms with van der Waals surface area (Å²) in [6.07, 6.45) is -0.375. The Morgan fingerprint density at radius 3 is 2.42 bits per heavy atom. The first-order chi connectivity index (χ1) is 14.9. The van der Waals surface area contributed by atoms with E-state index >= 15 is 0 Å². The van der Waals surface area contributed by atoms with Crippen LogP contribution < -0.4 is 9.64 Å². The Hall–Kier alpha value is -3.16. The first-order valence-electron chi connectivity index (χ1n) is 9.98. The van der Waals surface area contributed by atoms with Crippen molar-refractivity contribution in [3.05, 3.63) is 90.0 Å². The normalized spacial score (nSPS) is 15.8. The van der Waals surface area contributed by atoms with E-state index < -0.39 is 16.2 Å². The van der Waals surface area contributed by atoms with Gasteiger partial charge in [-0.25, -0.2) is 0 Å². The molecule has 1 aliphatic heterocycles. The van der Waals surface area contributed by atoms with Gasteiger partial charge in [0.15, 0.2) is 0 Å². The number of nitrogens with zero attached hydrogens (tertiary/aromatic N) is 1. The van der Waals surface area contributed by atoms with Gasteiger partial charge >= 0.3 is 0 Å². The standard InChI is InChI=1S/C24H23NO5S/c1-18-11-13-21(14-12-18)31(27,28)29-17-20-16-25(22-9-5-6-10-23(22)30-20)24(26)15-19-7-3-2-4-8-19/h2-14,20H,15-17H2,1H3. The molecule has 0 aliphatic carbocycles. The Balaban J connectivity index is 1.50. The Bertz CT molecular complexity index is 1160. The molecule has 31 heavy (non-hydrogen) atoms. The summed E-state index contributed by atoms with van der Waals surface area (Å²) >= 11 is 0. The second-order valence-electron chi connectivity index (χ2n) is 7.43. The van der Waals surface area contributed by atoms with Gasteiger partial charge in [-0.15, -0.1) is 0 Å². The van der Waals surface area contributed by atoms with Crippen LogP contribution in [0.3, 0.4) is 0 Å². The van der Waals surface area contributed by atoms with E-state index in [1.54, 1.807) is 23.1 Å². The van der Waals surface area contributed by atoms with Gasteiger partial charge in [0, 0.05) is 0 Å². The molecule has 0 fully saturated rings. The molecular formula is C24H23NO5S. The minimum absolute atomic E-state index is 0.0892. The average Bonchev–Trinajstić information content (AvgIpc) is 2.78. The minimum Gasteiger partial charge on any atom is -0.484 e. The number of carbonyl (C=O) groups excluding carboxylic acids is 1. The average molecular weight is 438 g/mol. The molecule has 0 N–H and O–H groups in total. The quantitative estimate of drug-likeness (QED) is 0.550. The summed E-state index contributed by atoms with van der Waals surface area (Å²) in [6.45, 7) is 1.89. The lowest BCUT2D eigenvalue weighted by molar-refractivity contribution is -0.118. The van der Waals surface area contributed by atoms with Crippen LogP contribution in [0.4, 0.5) is 5.69 Å². The van der Waals surface area contributed by atoms with Gasteiger partial charge in [0.2, 0.25) is 5.91 Å². The number of anilines is 1. The summed E-state index contributed by atoms with van der Waals surface area (Å²) in [5, 5.41) is 0. The first-order valence-corrected chi connectivity index (χ1v) is 11.4. The monoisotopic (exact) mass is 437 g/mol. The summed E-state index contributed by atoms with van der Waals surface area (Å²) in [5.74, 6) is 0.435. The number of ether oxygens (including phenoxy) is 1. The summed E-state index contributed by atoms with van der Waals surface area (Å²) in [5.41, 5.74) is 2.53. The number of fused-ring (bicyclic) bond motifs is 1. The van der Waals surface area contributed by atoms with Crippen molar-refractivity contribution >= 4 is 21.7 Å². The maximum atomic E-state index is 13.0. The van der Waals surface area contributed by atoms with Gasteiger partial charge in [0.25, 0.3) is 10.1 Å². The molecule has 0 bridgehead atoms. The van der Waals surface area contributed by atoms with Crippen molar-refractivity contribution in [2.24, 2.45) is 0 Å². The van der Waals surface area contributed by atoms with Crippen LogP contribution in [-0.4, -0.2) is 33.6 Å². The molecular weight excluding hydrogens is 414 g/mol. The van der Waals surface area contributed by atoms with Crippen molar-refractivity contribution in [2.75, 3.05) is 18.1 Å². The van der Waals surface area contributed by atoms with E-state index in [4.69, 9.17) is 8.92 Å². The van der Waals surface area contributed by atoms with Gasteiger partial charge in [0.05, 0.1) is 23.5 Å². The zero-order chi connectivity index (χ0) is 21.8. The summed E-state index contributed by atoms with van der Waals surface area (Å²) in [4.78, 5) is 14.8. The van der Waals surface area contributed by atoms with E-state index in [0.29, 0.717) is 11.4 Å².